The van der Waals surface area contributed by atoms with Crippen molar-refractivity contribution >= 4 is 15.9 Å². The summed E-state index contributed by atoms with van der Waals surface area (Å²) in [5.41, 5.74) is 9.24. The number of halogens is 1. The van der Waals surface area contributed by atoms with Crippen molar-refractivity contribution in [2.75, 3.05) is 0 Å². The van der Waals surface area contributed by atoms with E-state index in [4.69, 9.17) is 5.73 Å². The fourth-order valence-corrected chi connectivity index (χ4v) is 2.24. The standard InChI is InChI=1S/C14H18BrN3/c1-9-3-5-11(15)7-12(9)13-8-17-14(18-13)6-4-10(2)16/h3,5,7-8,10H,4,6,16H2,1-2H3,(H,17,18). The van der Waals surface area contributed by atoms with Crippen LogP contribution in [0.25, 0.3) is 11.3 Å². The van der Waals surface area contributed by atoms with Crippen molar-refractivity contribution in [1.82, 2.24) is 9.97 Å². The number of hydrogen-bond acceptors (Lipinski definition) is 2. The lowest BCUT2D eigenvalue weighted by Gasteiger charge is -2.04. The quantitative estimate of drug-likeness (QED) is 0.909. The Balaban J connectivity index is 2.21. The molecule has 1 aromatic carbocycles. The van der Waals surface area contributed by atoms with E-state index in [-0.39, 0.29) is 6.04 Å². The zero-order chi connectivity index (χ0) is 13.1. The van der Waals surface area contributed by atoms with E-state index in [9.17, 15) is 0 Å². The minimum atomic E-state index is 0.214. The van der Waals surface area contributed by atoms with Gasteiger partial charge in [0, 0.05) is 22.5 Å². The Kier molecular flexibility index (Phi) is 4.19. The van der Waals surface area contributed by atoms with Gasteiger partial charge in [-0.3, -0.25) is 0 Å². The lowest BCUT2D eigenvalue weighted by atomic mass is 10.1. The second-order valence-electron chi connectivity index (χ2n) is 4.72. The largest absolute Gasteiger partial charge is 0.342 e. The Morgan fingerprint density at radius 3 is 2.94 bits per heavy atom. The first-order chi connectivity index (χ1) is 8.56. The molecule has 0 amide bonds. The Morgan fingerprint density at radius 2 is 2.22 bits per heavy atom. The Morgan fingerprint density at radius 1 is 1.44 bits per heavy atom. The maximum atomic E-state index is 5.75. The number of rotatable bonds is 4. The first-order valence-electron chi connectivity index (χ1n) is 6.12. The van der Waals surface area contributed by atoms with Crippen molar-refractivity contribution in [2.24, 2.45) is 5.73 Å². The normalized spacial score (nSPS) is 12.7. The zero-order valence-electron chi connectivity index (χ0n) is 10.7. The molecule has 0 radical (unpaired) electrons. The van der Waals surface area contributed by atoms with Gasteiger partial charge in [-0.2, -0.15) is 0 Å². The maximum absolute atomic E-state index is 5.75. The first-order valence-corrected chi connectivity index (χ1v) is 6.91. The van der Waals surface area contributed by atoms with Crippen LogP contribution in [0.15, 0.2) is 28.9 Å². The SMILES string of the molecule is Cc1ccc(Br)cc1-c1cnc(CCC(C)N)[nH]1. The molecule has 3 N–H and O–H groups in total. The summed E-state index contributed by atoms with van der Waals surface area (Å²) in [4.78, 5) is 7.77. The van der Waals surface area contributed by atoms with E-state index >= 15 is 0 Å². The molecule has 3 nitrogen and oxygen atoms in total. The van der Waals surface area contributed by atoms with Crippen LogP contribution in [0.4, 0.5) is 0 Å². The van der Waals surface area contributed by atoms with E-state index in [0.29, 0.717) is 0 Å². The van der Waals surface area contributed by atoms with Crippen LogP contribution < -0.4 is 5.73 Å². The summed E-state index contributed by atoms with van der Waals surface area (Å²) >= 11 is 3.50. The molecule has 0 saturated heterocycles. The molecule has 2 rings (SSSR count). The summed E-state index contributed by atoms with van der Waals surface area (Å²) in [5.74, 6) is 1.00. The summed E-state index contributed by atoms with van der Waals surface area (Å²) in [6, 6.07) is 6.47. The van der Waals surface area contributed by atoms with Crippen molar-refractivity contribution < 1.29 is 0 Å². The number of aromatic amines is 1. The van der Waals surface area contributed by atoms with Gasteiger partial charge in [-0.15, -0.1) is 0 Å². The Hall–Kier alpha value is -1.13. The molecule has 0 aliphatic heterocycles. The molecule has 4 heteroatoms. The predicted molar refractivity (Wildman–Crippen MR) is 78.4 cm³/mol. The first kappa shape index (κ1) is 13.3. The van der Waals surface area contributed by atoms with Crippen molar-refractivity contribution in [2.45, 2.75) is 32.7 Å². The van der Waals surface area contributed by atoms with Gasteiger partial charge in [0.05, 0.1) is 11.9 Å². The van der Waals surface area contributed by atoms with Gasteiger partial charge in [-0.25, -0.2) is 4.98 Å². The number of nitrogens with one attached hydrogen (secondary N) is 1. The third-order valence-corrected chi connectivity index (χ3v) is 3.45. The summed E-state index contributed by atoms with van der Waals surface area (Å²) < 4.78 is 1.08. The van der Waals surface area contributed by atoms with Crippen LogP contribution in [-0.4, -0.2) is 16.0 Å². The highest BCUT2D eigenvalue weighted by atomic mass is 79.9. The summed E-state index contributed by atoms with van der Waals surface area (Å²) in [6.07, 6.45) is 3.74. The highest BCUT2D eigenvalue weighted by Gasteiger charge is 2.07. The summed E-state index contributed by atoms with van der Waals surface area (Å²) in [6.45, 7) is 4.12. The minimum Gasteiger partial charge on any atom is -0.342 e. The van der Waals surface area contributed by atoms with Gasteiger partial charge in [0.1, 0.15) is 5.82 Å². The van der Waals surface area contributed by atoms with Gasteiger partial charge >= 0.3 is 0 Å². The average molecular weight is 308 g/mol. The molecule has 0 aliphatic rings. The number of imidazole rings is 1. The molecule has 0 bridgehead atoms. The van der Waals surface area contributed by atoms with E-state index in [2.05, 4.69) is 45.0 Å². The molecule has 1 aromatic heterocycles. The number of hydrogen-bond donors (Lipinski definition) is 2. The van der Waals surface area contributed by atoms with E-state index < -0.39 is 0 Å². The molecule has 18 heavy (non-hydrogen) atoms. The second kappa shape index (κ2) is 5.67. The van der Waals surface area contributed by atoms with Gasteiger partial charge in [-0.05, 0) is 38.0 Å². The highest BCUT2D eigenvalue weighted by molar-refractivity contribution is 9.10. The van der Waals surface area contributed by atoms with Gasteiger partial charge in [0.25, 0.3) is 0 Å². The van der Waals surface area contributed by atoms with Crippen LogP contribution in [0, 0.1) is 6.92 Å². The van der Waals surface area contributed by atoms with Gasteiger partial charge in [0.15, 0.2) is 0 Å². The van der Waals surface area contributed by atoms with Crippen molar-refractivity contribution in [3.8, 4) is 11.3 Å². The molecular weight excluding hydrogens is 290 g/mol. The molecule has 0 fully saturated rings. The van der Waals surface area contributed by atoms with Gasteiger partial charge in [0.2, 0.25) is 0 Å². The van der Waals surface area contributed by atoms with Crippen LogP contribution in [0.2, 0.25) is 0 Å². The molecule has 0 aliphatic carbocycles. The molecule has 0 saturated carbocycles. The minimum absolute atomic E-state index is 0.214. The van der Waals surface area contributed by atoms with E-state index in [1.54, 1.807) is 0 Å². The Labute approximate surface area is 116 Å². The number of nitrogens with zero attached hydrogens (tertiary/aromatic N) is 1. The molecule has 1 unspecified atom stereocenters. The predicted octanol–water partition coefficient (Wildman–Crippen LogP) is 3.43. The van der Waals surface area contributed by atoms with Gasteiger partial charge in [-0.1, -0.05) is 22.0 Å². The number of H-pyrrole nitrogens is 1. The smallest absolute Gasteiger partial charge is 0.106 e. The average Bonchev–Trinajstić information content (AvgIpc) is 2.78. The fraction of sp³-hybridized carbons (Fsp3) is 0.357. The fourth-order valence-electron chi connectivity index (χ4n) is 1.88. The van der Waals surface area contributed by atoms with E-state index in [0.717, 1.165) is 28.8 Å². The molecule has 1 heterocycles. The number of aromatic nitrogens is 2. The second-order valence-corrected chi connectivity index (χ2v) is 5.63. The third kappa shape index (κ3) is 3.21. The van der Waals surface area contributed by atoms with Crippen LogP contribution in [0.5, 0.6) is 0 Å². The molecular formula is C14H18BrN3. The number of nitrogens with two attached hydrogens (primary N) is 1. The van der Waals surface area contributed by atoms with Crippen LogP contribution in [-0.2, 0) is 6.42 Å². The van der Waals surface area contributed by atoms with E-state index in [1.807, 2.05) is 19.2 Å². The lowest BCUT2D eigenvalue weighted by Crippen LogP contribution is -2.15. The monoisotopic (exact) mass is 307 g/mol. The van der Waals surface area contributed by atoms with Gasteiger partial charge < -0.3 is 10.7 Å². The number of benzene rings is 1. The summed E-state index contributed by atoms with van der Waals surface area (Å²) in [5, 5.41) is 0. The highest BCUT2D eigenvalue weighted by Crippen LogP contribution is 2.25. The zero-order valence-corrected chi connectivity index (χ0v) is 12.3. The molecule has 2 aromatic rings. The summed E-state index contributed by atoms with van der Waals surface area (Å²) in [7, 11) is 0. The number of aryl methyl sites for hydroxylation is 2. The maximum Gasteiger partial charge on any atom is 0.106 e. The van der Waals surface area contributed by atoms with Crippen LogP contribution >= 0.6 is 15.9 Å². The molecule has 1 atom stereocenters. The van der Waals surface area contributed by atoms with E-state index in [1.165, 1.54) is 11.1 Å². The lowest BCUT2D eigenvalue weighted by molar-refractivity contribution is 0.652. The van der Waals surface area contributed by atoms with Crippen LogP contribution in [0.3, 0.4) is 0 Å². The third-order valence-electron chi connectivity index (χ3n) is 2.95. The molecule has 96 valence electrons. The van der Waals surface area contributed by atoms with Crippen molar-refractivity contribution in [3.63, 3.8) is 0 Å². The van der Waals surface area contributed by atoms with Crippen molar-refractivity contribution in [3.05, 3.63) is 40.3 Å². The Bertz CT molecular complexity index is 532. The van der Waals surface area contributed by atoms with Crippen LogP contribution in [0.1, 0.15) is 24.7 Å². The van der Waals surface area contributed by atoms with Crippen molar-refractivity contribution in [1.29, 1.82) is 0 Å². The molecule has 0 spiro atoms. The topological polar surface area (TPSA) is 54.7 Å².